The lowest BCUT2D eigenvalue weighted by molar-refractivity contribution is -0.128. The van der Waals surface area contributed by atoms with Crippen molar-refractivity contribution in [3.05, 3.63) is 0 Å². The molecule has 5 heteroatoms. The molecule has 0 aromatic heterocycles. The minimum atomic E-state index is 0.264. The number of ether oxygens (including phenoxy) is 1. The molecule has 3 atom stereocenters. The van der Waals surface area contributed by atoms with E-state index in [4.69, 9.17) is 10.5 Å². The average molecular weight is 255 g/mol. The maximum atomic E-state index is 11.8. The largest absolute Gasteiger partial charge is 0.373 e. The molecule has 1 amide bonds. The summed E-state index contributed by atoms with van der Waals surface area (Å²) in [5.41, 5.74) is 5.63. The Morgan fingerprint density at radius 3 is 2.44 bits per heavy atom. The molecular formula is C13H25N3O2. The summed E-state index contributed by atoms with van der Waals surface area (Å²) in [5, 5.41) is 0. The molecule has 2 rings (SSSR count). The van der Waals surface area contributed by atoms with E-state index in [2.05, 4.69) is 18.7 Å². The molecule has 2 fully saturated rings. The normalized spacial score (nSPS) is 34.3. The minimum Gasteiger partial charge on any atom is -0.373 e. The molecule has 0 aliphatic carbocycles. The Hall–Kier alpha value is -0.650. The van der Waals surface area contributed by atoms with E-state index in [0.29, 0.717) is 31.1 Å². The fourth-order valence-corrected chi connectivity index (χ4v) is 2.96. The third-order valence-corrected chi connectivity index (χ3v) is 3.81. The Kier molecular flexibility index (Phi) is 4.59. The fraction of sp³-hybridized carbons (Fsp3) is 0.923. The van der Waals surface area contributed by atoms with Gasteiger partial charge in [0.05, 0.1) is 12.2 Å². The van der Waals surface area contributed by atoms with Crippen LogP contribution in [-0.2, 0) is 9.53 Å². The number of likely N-dealkylation sites (tertiary alicyclic amines) is 1. The molecule has 5 nitrogen and oxygen atoms in total. The van der Waals surface area contributed by atoms with Crippen LogP contribution >= 0.6 is 0 Å². The number of hydrogen-bond acceptors (Lipinski definition) is 4. The predicted octanol–water partition coefficient (Wildman–Crippen LogP) is -0.0972. The molecule has 2 heterocycles. The summed E-state index contributed by atoms with van der Waals surface area (Å²) in [7, 11) is 0. The summed E-state index contributed by atoms with van der Waals surface area (Å²) >= 11 is 0. The Morgan fingerprint density at radius 2 is 1.89 bits per heavy atom. The van der Waals surface area contributed by atoms with Gasteiger partial charge in [0.2, 0.25) is 5.91 Å². The summed E-state index contributed by atoms with van der Waals surface area (Å²) in [4.78, 5) is 16.1. The lowest BCUT2D eigenvalue weighted by Crippen LogP contribution is -2.48. The van der Waals surface area contributed by atoms with Gasteiger partial charge in [-0.05, 0) is 26.3 Å². The third-order valence-electron chi connectivity index (χ3n) is 3.81. The summed E-state index contributed by atoms with van der Waals surface area (Å²) in [6, 6.07) is 0. The monoisotopic (exact) mass is 255 g/mol. The van der Waals surface area contributed by atoms with Crippen molar-refractivity contribution in [3.63, 3.8) is 0 Å². The summed E-state index contributed by atoms with van der Waals surface area (Å²) in [6.07, 6.45) is 1.21. The Balaban J connectivity index is 1.76. The highest BCUT2D eigenvalue weighted by atomic mass is 16.5. The summed E-state index contributed by atoms with van der Waals surface area (Å²) in [6.45, 7) is 9.37. The maximum Gasteiger partial charge on any atom is 0.223 e. The van der Waals surface area contributed by atoms with Crippen LogP contribution in [0.1, 0.15) is 20.3 Å². The van der Waals surface area contributed by atoms with Crippen molar-refractivity contribution in [1.82, 2.24) is 9.80 Å². The van der Waals surface area contributed by atoms with Gasteiger partial charge in [-0.3, -0.25) is 9.69 Å². The zero-order chi connectivity index (χ0) is 13.1. The van der Waals surface area contributed by atoms with E-state index in [1.807, 2.05) is 4.90 Å². The van der Waals surface area contributed by atoms with Crippen LogP contribution < -0.4 is 5.73 Å². The molecule has 2 saturated heterocycles. The Bertz CT molecular complexity index is 288. The van der Waals surface area contributed by atoms with Gasteiger partial charge in [-0.15, -0.1) is 0 Å². The van der Waals surface area contributed by atoms with Crippen LogP contribution in [0.5, 0.6) is 0 Å². The molecule has 0 aromatic carbocycles. The molecule has 2 aliphatic heterocycles. The van der Waals surface area contributed by atoms with Crippen LogP contribution in [0.3, 0.4) is 0 Å². The van der Waals surface area contributed by atoms with Crippen molar-refractivity contribution in [2.24, 2.45) is 11.7 Å². The molecule has 18 heavy (non-hydrogen) atoms. The van der Waals surface area contributed by atoms with Gasteiger partial charge in [-0.2, -0.15) is 0 Å². The Labute approximate surface area is 109 Å². The van der Waals surface area contributed by atoms with E-state index in [1.165, 1.54) is 0 Å². The topological polar surface area (TPSA) is 58.8 Å². The van der Waals surface area contributed by atoms with Crippen molar-refractivity contribution in [2.75, 3.05) is 39.3 Å². The van der Waals surface area contributed by atoms with Crippen LogP contribution in [0.2, 0.25) is 0 Å². The van der Waals surface area contributed by atoms with Gasteiger partial charge >= 0.3 is 0 Å². The lowest BCUT2D eigenvalue weighted by Gasteiger charge is -2.36. The second-order valence-electron chi connectivity index (χ2n) is 5.66. The molecule has 2 N–H and O–H groups in total. The van der Waals surface area contributed by atoms with Crippen molar-refractivity contribution in [2.45, 2.75) is 32.5 Å². The lowest BCUT2D eigenvalue weighted by atomic mass is 10.1. The zero-order valence-electron chi connectivity index (χ0n) is 11.5. The van der Waals surface area contributed by atoms with E-state index >= 15 is 0 Å². The third kappa shape index (κ3) is 3.43. The summed E-state index contributed by atoms with van der Waals surface area (Å²) < 4.78 is 5.71. The van der Waals surface area contributed by atoms with Gasteiger partial charge in [0.1, 0.15) is 0 Å². The number of rotatable bonds is 4. The molecule has 2 aliphatic rings. The van der Waals surface area contributed by atoms with Gasteiger partial charge in [0, 0.05) is 39.1 Å². The molecule has 1 unspecified atom stereocenters. The van der Waals surface area contributed by atoms with Gasteiger partial charge in [0.15, 0.2) is 0 Å². The van der Waals surface area contributed by atoms with Crippen LogP contribution in [0, 0.1) is 5.92 Å². The molecule has 0 saturated carbocycles. The van der Waals surface area contributed by atoms with Gasteiger partial charge in [-0.1, -0.05) is 0 Å². The van der Waals surface area contributed by atoms with Crippen LogP contribution in [0.25, 0.3) is 0 Å². The number of nitrogens with zero attached hydrogens (tertiary/aromatic N) is 2. The fourth-order valence-electron chi connectivity index (χ4n) is 2.96. The van der Waals surface area contributed by atoms with Crippen molar-refractivity contribution < 1.29 is 9.53 Å². The molecule has 104 valence electrons. The summed E-state index contributed by atoms with van der Waals surface area (Å²) in [5.74, 6) is 0.625. The second-order valence-corrected chi connectivity index (χ2v) is 5.66. The number of morpholine rings is 1. The maximum absolute atomic E-state index is 11.8. The number of nitrogens with two attached hydrogens (primary N) is 1. The van der Waals surface area contributed by atoms with E-state index in [0.717, 1.165) is 32.7 Å². The first-order valence-corrected chi connectivity index (χ1v) is 6.94. The standard InChI is InChI=1S/C13H25N3O2/c1-10-7-15(8-11(2)18-10)3-4-16-9-12(6-14)5-13(16)17/h10-12H,3-9,14H2,1-2H3/t10-,11+,12?. The van der Waals surface area contributed by atoms with Gasteiger partial charge in [0.25, 0.3) is 0 Å². The van der Waals surface area contributed by atoms with E-state index < -0.39 is 0 Å². The van der Waals surface area contributed by atoms with Crippen molar-refractivity contribution >= 4 is 5.91 Å². The highest BCUT2D eigenvalue weighted by molar-refractivity contribution is 5.78. The zero-order valence-corrected chi connectivity index (χ0v) is 11.5. The first-order valence-electron chi connectivity index (χ1n) is 6.94. The van der Waals surface area contributed by atoms with Gasteiger partial charge < -0.3 is 15.4 Å². The molecule has 0 radical (unpaired) electrons. The average Bonchev–Trinajstić information content (AvgIpc) is 2.66. The molecule has 0 aromatic rings. The highest BCUT2D eigenvalue weighted by Gasteiger charge is 2.29. The van der Waals surface area contributed by atoms with Crippen molar-refractivity contribution in [3.8, 4) is 0 Å². The number of amides is 1. The number of carbonyl (C=O) groups excluding carboxylic acids is 1. The van der Waals surface area contributed by atoms with Crippen LogP contribution in [0.15, 0.2) is 0 Å². The quantitative estimate of drug-likeness (QED) is 0.762. The predicted molar refractivity (Wildman–Crippen MR) is 70.2 cm³/mol. The van der Waals surface area contributed by atoms with Crippen molar-refractivity contribution in [1.29, 1.82) is 0 Å². The van der Waals surface area contributed by atoms with E-state index in [1.54, 1.807) is 0 Å². The minimum absolute atomic E-state index is 0.264. The first kappa shape index (κ1) is 13.8. The van der Waals surface area contributed by atoms with Gasteiger partial charge in [-0.25, -0.2) is 0 Å². The Morgan fingerprint density at radius 1 is 1.22 bits per heavy atom. The second kappa shape index (κ2) is 5.99. The van der Waals surface area contributed by atoms with E-state index in [-0.39, 0.29) is 5.91 Å². The van der Waals surface area contributed by atoms with E-state index in [9.17, 15) is 4.79 Å². The number of hydrogen-bond donors (Lipinski definition) is 1. The smallest absolute Gasteiger partial charge is 0.223 e. The molecular weight excluding hydrogens is 230 g/mol. The SMILES string of the molecule is C[C@@H]1CN(CCN2CC(CN)CC2=O)C[C@H](C)O1. The molecule has 0 spiro atoms. The molecule has 0 bridgehead atoms. The van der Waals surface area contributed by atoms with Crippen LogP contribution in [-0.4, -0.2) is 67.2 Å². The first-order chi connectivity index (χ1) is 8.58. The van der Waals surface area contributed by atoms with Crippen LogP contribution in [0.4, 0.5) is 0 Å². The highest BCUT2D eigenvalue weighted by Crippen LogP contribution is 2.17. The number of carbonyl (C=O) groups is 1.